The van der Waals surface area contributed by atoms with Crippen LogP contribution in [0.5, 0.6) is 0 Å². The Hall–Kier alpha value is -2.79. The van der Waals surface area contributed by atoms with E-state index in [1.807, 2.05) is 20.8 Å². The number of hydrogen-bond donors (Lipinski definition) is 2. The third-order valence-corrected chi connectivity index (χ3v) is 5.51. The van der Waals surface area contributed by atoms with E-state index in [1.54, 1.807) is 24.3 Å². The molecule has 3 rings (SSSR count). The first-order valence-electron chi connectivity index (χ1n) is 8.72. The molecule has 0 aliphatic rings. The van der Waals surface area contributed by atoms with E-state index in [1.165, 1.54) is 22.7 Å². The summed E-state index contributed by atoms with van der Waals surface area (Å²) in [5.41, 5.74) is -0.00674. The van der Waals surface area contributed by atoms with Crippen molar-refractivity contribution in [3.8, 4) is 0 Å². The van der Waals surface area contributed by atoms with Crippen LogP contribution in [-0.4, -0.2) is 42.9 Å². The van der Waals surface area contributed by atoms with Crippen LogP contribution in [0.25, 0.3) is 10.9 Å². The Morgan fingerprint density at radius 1 is 1.17 bits per heavy atom. The van der Waals surface area contributed by atoms with Crippen LogP contribution >= 0.6 is 23.1 Å². The highest BCUT2D eigenvalue weighted by atomic mass is 32.2. The first-order valence-corrected chi connectivity index (χ1v) is 10.5. The highest BCUT2D eigenvalue weighted by Crippen LogP contribution is 2.25. The van der Waals surface area contributed by atoms with Gasteiger partial charge in [-0.2, -0.15) is 0 Å². The average Bonchev–Trinajstić information content (AvgIpc) is 3.08. The third-order valence-electron chi connectivity index (χ3n) is 3.54. The van der Waals surface area contributed by atoms with Crippen molar-refractivity contribution in [3.05, 3.63) is 40.9 Å². The smallest absolute Gasteiger partial charge is 0.261 e. The summed E-state index contributed by atoms with van der Waals surface area (Å²) in [5.74, 6) is -0.313. The fourth-order valence-corrected chi connectivity index (χ4v) is 4.00. The van der Waals surface area contributed by atoms with Crippen molar-refractivity contribution in [1.82, 2.24) is 25.1 Å². The zero-order chi connectivity index (χ0) is 21.0. The van der Waals surface area contributed by atoms with Gasteiger partial charge in [-0.1, -0.05) is 35.2 Å². The zero-order valence-electron chi connectivity index (χ0n) is 16.1. The van der Waals surface area contributed by atoms with Crippen LogP contribution < -0.4 is 16.2 Å². The van der Waals surface area contributed by atoms with Crippen LogP contribution in [-0.2, 0) is 16.1 Å². The molecular weight excluding hydrogens is 412 g/mol. The van der Waals surface area contributed by atoms with Crippen LogP contribution in [0, 0.1) is 0 Å². The van der Waals surface area contributed by atoms with E-state index in [9.17, 15) is 14.4 Å². The third kappa shape index (κ3) is 5.84. The predicted molar refractivity (Wildman–Crippen MR) is 113 cm³/mol. The maximum absolute atomic E-state index is 12.4. The van der Waals surface area contributed by atoms with E-state index < -0.39 is 5.91 Å². The summed E-state index contributed by atoms with van der Waals surface area (Å²) in [6.45, 7) is 5.53. The number of hydrogen-bond acceptors (Lipinski definition) is 8. The first kappa shape index (κ1) is 20.9. The van der Waals surface area contributed by atoms with Gasteiger partial charge >= 0.3 is 0 Å². The summed E-state index contributed by atoms with van der Waals surface area (Å²) in [6.07, 6.45) is 1.35. The number of nitrogens with one attached hydrogen (secondary N) is 2. The van der Waals surface area contributed by atoms with E-state index in [2.05, 4.69) is 25.8 Å². The van der Waals surface area contributed by atoms with E-state index in [0.717, 1.165) is 11.3 Å². The monoisotopic (exact) mass is 432 g/mol. The van der Waals surface area contributed by atoms with Gasteiger partial charge < -0.3 is 5.32 Å². The van der Waals surface area contributed by atoms with Gasteiger partial charge in [-0.05, 0) is 32.9 Å². The molecule has 11 heteroatoms. The summed E-state index contributed by atoms with van der Waals surface area (Å²) in [6, 6.07) is 6.95. The lowest BCUT2D eigenvalue weighted by Crippen LogP contribution is -2.41. The minimum atomic E-state index is -0.414. The fourth-order valence-electron chi connectivity index (χ4n) is 2.43. The zero-order valence-corrected chi connectivity index (χ0v) is 17.8. The minimum Gasteiger partial charge on any atom is -0.351 e. The van der Waals surface area contributed by atoms with Gasteiger partial charge in [0, 0.05) is 5.54 Å². The Bertz CT molecular complexity index is 1100. The van der Waals surface area contributed by atoms with Gasteiger partial charge in [-0.25, -0.2) is 4.98 Å². The summed E-state index contributed by atoms with van der Waals surface area (Å²) in [4.78, 5) is 40.8. The van der Waals surface area contributed by atoms with Crippen LogP contribution in [0.1, 0.15) is 20.8 Å². The minimum absolute atomic E-state index is 0.105. The molecule has 2 aromatic heterocycles. The molecule has 0 unspecified atom stereocenters. The number of carbonyl (C=O) groups excluding carboxylic acids is 2. The molecule has 1 aromatic carbocycles. The lowest BCUT2D eigenvalue weighted by molar-refractivity contribution is -0.120. The lowest BCUT2D eigenvalue weighted by Gasteiger charge is -2.19. The summed E-state index contributed by atoms with van der Waals surface area (Å²) < 4.78 is 1.81. The number of nitrogens with zero attached hydrogens (tertiary/aromatic N) is 4. The van der Waals surface area contributed by atoms with Crippen molar-refractivity contribution in [3.63, 3.8) is 0 Å². The number of rotatable bonds is 6. The van der Waals surface area contributed by atoms with Crippen LogP contribution in [0.2, 0.25) is 0 Å². The molecule has 0 aliphatic carbocycles. The molecule has 2 amide bonds. The molecule has 3 aromatic rings. The Kier molecular flexibility index (Phi) is 6.28. The number of thioether (sulfide) groups is 1. The van der Waals surface area contributed by atoms with Gasteiger partial charge in [-0.15, -0.1) is 10.2 Å². The molecule has 0 bridgehead atoms. The number of aromatic nitrogens is 4. The highest BCUT2D eigenvalue weighted by Gasteiger charge is 2.16. The maximum atomic E-state index is 12.4. The molecule has 2 N–H and O–H groups in total. The van der Waals surface area contributed by atoms with Crippen LogP contribution in [0.4, 0.5) is 5.13 Å². The Balaban J connectivity index is 1.57. The van der Waals surface area contributed by atoms with Gasteiger partial charge in [0.2, 0.25) is 16.9 Å². The SMILES string of the molecule is CC(C)(C)NC(=O)CSc1nnc(NC(=O)Cn2cnc3ccccc3c2=O)s1. The summed E-state index contributed by atoms with van der Waals surface area (Å²) in [7, 11) is 0. The summed E-state index contributed by atoms with van der Waals surface area (Å²) in [5, 5.41) is 14.1. The molecule has 152 valence electrons. The first-order chi connectivity index (χ1) is 13.7. The Morgan fingerprint density at radius 2 is 1.93 bits per heavy atom. The second kappa shape index (κ2) is 8.70. The molecule has 9 nitrogen and oxygen atoms in total. The molecular formula is C18H20N6O3S2. The topological polar surface area (TPSA) is 119 Å². The van der Waals surface area contributed by atoms with Gasteiger partial charge in [0.1, 0.15) is 6.54 Å². The molecule has 2 heterocycles. The average molecular weight is 433 g/mol. The normalized spacial score (nSPS) is 11.4. The molecule has 29 heavy (non-hydrogen) atoms. The predicted octanol–water partition coefficient (Wildman–Crippen LogP) is 1.89. The Labute approximate surface area is 174 Å². The molecule has 0 fully saturated rings. The van der Waals surface area contributed by atoms with Gasteiger partial charge in [0.25, 0.3) is 5.56 Å². The number of fused-ring (bicyclic) bond motifs is 1. The van der Waals surface area contributed by atoms with Crippen molar-refractivity contribution in [1.29, 1.82) is 0 Å². The number of carbonyl (C=O) groups is 2. The second-order valence-electron chi connectivity index (χ2n) is 7.20. The molecule has 0 spiro atoms. The number of para-hydroxylation sites is 1. The molecule has 0 saturated heterocycles. The highest BCUT2D eigenvalue weighted by molar-refractivity contribution is 8.01. The van der Waals surface area contributed by atoms with Crippen molar-refractivity contribution < 1.29 is 9.59 Å². The number of benzene rings is 1. The molecule has 0 atom stereocenters. The van der Waals surface area contributed by atoms with E-state index in [-0.39, 0.29) is 29.3 Å². The summed E-state index contributed by atoms with van der Waals surface area (Å²) >= 11 is 2.41. The lowest BCUT2D eigenvalue weighted by atomic mass is 10.1. The molecule has 0 aliphatic heterocycles. The van der Waals surface area contributed by atoms with Crippen molar-refractivity contribution in [2.45, 2.75) is 37.2 Å². The molecule has 0 saturated carbocycles. The van der Waals surface area contributed by atoms with E-state index in [4.69, 9.17) is 0 Å². The largest absolute Gasteiger partial charge is 0.351 e. The quantitative estimate of drug-likeness (QED) is 0.451. The van der Waals surface area contributed by atoms with Crippen molar-refractivity contribution in [2.75, 3.05) is 11.1 Å². The van der Waals surface area contributed by atoms with Crippen molar-refractivity contribution >= 4 is 50.9 Å². The second-order valence-corrected chi connectivity index (χ2v) is 9.40. The van der Waals surface area contributed by atoms with Gasteiger partial charge in [-0.3, -0.25) is 24.3 Å². The fraction of sp³-hybridized carbons (Fsp3) is 0.333. The van der Waals surface area contributed by atoms with E-state index >= 15 is 0 Å². The number of anilines is 1. The standard InChI is InChI=1S/C18H20N6O3S2/c1-18(2,3)21-14(26)9-28-17-23-22-16(29-17)20-13(25)8-24-10-19-12-7-5-4-6-11(12)15(24)27/h4-7,10H,8-9H2,1-3H3,(H,21,26)(H,20,22,25). The van der Waals surface area contributed by atoms with Gasteiger partial charge in [0.15, 0.2) is 4.34 Å². The molecule has 0 radical (unpaired) electrons. The number of amides is 2. The van der Waals surface area contributed by atoms with E-state index in [0.29, 0.717) is 20.4 Å². The van der Waals surface area contributed by atoms with Gasteiger partial charge in [0.05, 0.1) is 23.0 Å². The Morgan fingerprint density at radius 3 is 2.69 bits per heavy atom. The maximum Gasteiger partial charge on any atom is 0.261 e. The van der Waals surface area contributed by atoms with Crippen LogP contribution in [0.3, 0.4) is 0 Å². The van der Waals surface area contributed by atoms with Crippen LogP contribution in [0.15, 0.2) is 39.7 Å². The van der Waals surface area contributed by atoms with Crippen molar-refractivity contribution in [2.24, 2.45) is 0 Å².